The van der Waals surface area contributed by atoms with Crippen molar-refractivity contribution < 1.29 is 9.90 Å². The molecule has 0 fully saturated rings. The number of nitrogens with one attached hydrogen (secondary N) is 1. The van der Waals surface area contributed by atoms with Gasteiger partial charge in [0.2, 0.25) is 0 Å². The van der Waals surface area contributed by atoms with Crippen molar-refractivity contribution in [2.45, 2.75) is 6.04 Å². The summed E-state index contributed by atoms with van der Waals surface area (Å²) in [6.45, 7) is 3.93. The average molecular weight is 350 g/mol. The first kappa shape index (κ1) is 13.3. The first-order chi connectivity index (χ1) is 7.56. The zero-order chi connectivity index (χ0) is 12.1. The lowest BCUT2D eigenvalue weighted by Crippen LogP contribution is -2.29. The zero-order valence-electron chi connectivity index (χ0n) is 8.28. The van der Waals surface area contributed by atoms with Crippen molar-refractivity contribution in [1.29, 1.82) is 0 Å². The van der Waals surface area contributed by atoms with Crippen LogP contribution in [-0.4, -0.2) is 22.6 Å². The third kappa shape index (κ3) is 3.40. The van der Waals surface area contributed by atoms with Gasteiger partial charge in [-0.1, -0.05) is 6.08 Å². The number of aromatic nitrogens is 1. The van der Waals surface area contributed by atoms with Gasteiger partial charge in [0.25, 0.3) is 0 Å². The molecule has 86 valence electrons. The molecular weight excluding hydrogens is 340 g/mol. The molecule has 0 amide bonds. The van der Waals surface area contributed by atoms with Crippen LogP contribution in [0.2, 0.25) is 0 Å². The van der Waals surface area contributed by atoms with Crippen molar-refractivity contribution in [2.24, 2.45) is 0 Å². The van der Waals surface area contributed by atoms with Gasteiger partial charge in [-0.3, -0.25) is 15.1 Å². The molecular formula is C10H10Br2N2O2. The second-order valence-corrected chi connectivity index (χ2v) is 4.76. The fourth-order valence-electron chi connectivity index (χ4n) is 1.14. The van der Waals surface area contributed by atoms with E-state index in [1.165, 1.54) is 0 Å². The number of pyridine rings is 1. The molecule has 0 aliphatic carbocycles. The molecule has 0 aliphatic heterocycles. The fourth-order valence-corrected chi connectivity index (χ4v) is 2.36. The summed E-state index contributed by atoms with van der Waals surface area (Å²) in [5.74, 6) is -0.975. The summed E-state index contributed by atoms with van der Waals surface area (Å²) < 4.78 is 1.43. The Balaban J connectivity index is 3.00. The average Bonchev–Trinajstić information content (AvgIpc) is 2.20. The smallest absolute Gasteiger partial charge is 0.327 e. The van der Waals surface area contributed by atoms with E-state index in [9.17, 15) is 4.79 Å². The summed E-state index contributed by atoms with van der Waals surface area (Å²) in [5, 5.41) is 11.9. The molecule has 1 aromatic rings. The van der Waals surface area contributed by atoms with Gasteiger partial charge in [-0.15, -0.1) is 6.58 Å². The molecule has 0 spiro atoms. The summed E-state index contributed by atoms with van der Waals surface area (Å²) in [6, 6.07) is 0.911. The Bertz CT molecular complexity index is 410. The van der Waals surface area contributed by atoms with Crippen LogP contribution in [0.5, 0.6) is 0 Å². The molecule has 1 atom stereocenters. The van der Waals surface area contributed by atoms with Gasteiger partial charge < -0.3 is 5.11 Å². The number of aliphatic carboxylic acids is 1. The Morgan fingerprint density at radius 2 is 2.38 bits per heavy atom. The molecule has 2 N–H and O–H groups in total. The number of nitrogens with zero attached hydrogens (tertiary/aromatic N) is 1. The SMILES string of the molecule is C=CCNC(C(=O)O)c1ncc(Br)cc1Br. The van der Waals surface area contributed by atoms with Gasteiger partial charge in [-0.2, -0.15) is 0 Å². The molecule has 0 radical (unpaired) electrons. The highest BCUT2D eigenvalue weighted by molar-refractivity contribution is 9.11. The van der Waals surface area contributed by atoms with Gasteiger partial charge >= 0.3 is 5.97 Å². The molecule has 1 heterocycles. The summed E-state index contributed by atoms with van der Waals surface area (Å²) >= 11 is 6.54. The molecule has 0 saturated carbocycles. The quantitative estimate of drug-likeness (QED) is 0.802. The normalized spacial score (nSPS) is 12.1. The standard InChI is InChI=1S/C10H10Br2N2O2/c1-2-3-13-9(10(15)16)8-7(12)4-6(11)5-14-8/h2,4-5,9,13H,1,3H2,(H,15,16). The van der Waals surface area contributed by atoms with Crippen molar-refractivity contribution in [3.8, 4) is 0 Å². The number of rotatable bonds is 5. The Morgan fingerprint density at radius 1 is 1.69 bits per heavy atom. The fraction of sp³-hybridized carbons (Fsp3) is 0.200. The summed E-state index contributed by atoms with van der Waals surface area (Å²) in [4.78, 5) is 15.2. The van der Waals surface area contributed by atoms with E-state index in [2.05, 4.69) is 48.7 Å². The molecule has 4 nitrogen and oxygen atoms in total. The van der Waals surface area contributed by atoms with Crippen molar-refractivity contribution >= 4 is 37.8 Å². The highest BCUT2D eigenvalue weighted by Crippen LogP contribution is 2.24. The van der Waals surface area contributed by atoms with E-state index in [0.717, 1.165) is 4.47 Å². The maximum absolute atomic E-state index is 11.1. The molecule has 0 aromatic carbocycles. The highest BCUT2D eigenvalue weighted by atomic mass is 79.9. The third-order valence-corrected chi connectivity index (χ3v) is 2.89. The van der Waals surface area contributed by atoms with Gasteiger partial charge in [-0.25, -0.2) is 0 Å². The van der Waals surface area contributed by atoms with Crippen LogP contribution in [0, 0.1) is 0 Å². The van der Waals surface area contributed by atoms with Gasteiger partial charge in [0.1, 0.15) is 6.04 Å². The zero-order valence-corrected chi connectivity index (χ0v) is 11.5. The minimum atomic E-state index is -0.975. The maximum atomic E-state index is 11.1. The number of hydrogen-bond acceptors (Lipinski definition) is 3. The van der Waals surface area contributed by atoms with Crippen LogP contribution in [0.3, 0.4) is 0 Å². The second-order valence-electron chi connectivity index (χ2n) is 2.99. The summed E-state index contributed by atoms with van der Waals surface area (Å²) in [7, 11) is 0. The Kier molecular flexibility index (Phi) is 5.11. The van der Waals surface area contributed by atoms with Gasteiger partial charge in [0.05, 0.1) is 5.69 Å². The first-order valence-corrected chi connectivity index (χ1v) is 6.03. The minimum absolute atomic E-state index is 0.404. The van der Waals surface area contributed by atoms with Crippen LogP contribution in [0.15, 0.2) is 33.9 Å². The van der Waals surface area contributed by atoms with E-state index in [4.69, 9.17) is 5.11 Å². The highest BCUT2D eigenvalue weighted by Gasteiger charge is 2.22. The molecule has 0 bridgehead atoms. The number of halogens is 2. The number of hydrogen-bond donors (Lipinski definition) is 2. The van der Waals surface area contributed by atoms with E-state index >= 15 is 0 Å². The van der Waals surface area contributed by atoms with E-state index < -0.39 is 12.0 Å². The van der Waals surface area contributed by atoms with Gasteiger partial charge in [0, 0.05) is 21.7 Å². The molecule has 16 heavy (non-hydrogen) atoms. The second kappa shape index (κ2) is 6.12. The van der Waals surface area contributed by atoms with Crippen molar-refractivity contribution in [3.05, 3.63) is 39.6 Å². The molecule has 6 heteroatoms. The van der Waals surface area contributed by atoms with Crippen molar-refractivity contribution in [2.75, 3.05) is 6.54 Å². The third-order valence-electron chi connectivity index (χ3n) is 1.82. The molecule has 1 unspecified atom stereocenters. The lowest BCUT2D eigenvalue weighted by Gasteiger charge is -2.14. The Morgan fingerprint density at radius 3 is 2.88 bits per heavy atom. The van der Waals surface area contributed by atoms with Crippen molar-refractivity contribution in [3.63, 3.8) is 0 Å². The molecule has 0 aliphatic rings. The lowest BCUT2D eigenvalue weighted by atomic mass is 10.2. The number of carboxylic acid groups (broad SMARTS) is 1. The maximum Gasteiger partial charge on any atom is 0.327 e. The number of carbonyl (C=O) groups is 1. The number of carboxylic acids is 1. The van der Waals surface area contributed by atoms with E-state index in [1.54, 1.807) is 18.3 Å². The first-order valence-electron chi connectivity index (χ1n) is 4.44. The van der Waals surface area contributed by atoms with E-state index in [-0.39, 0.29) is 0 Å². The molecule has 1 rings (SSSR count). The minimum Gasteiger partial charge on any atom is -0.480 e. The Hall–Kier alpha value is -0.720. The van der Waals surface area contributed by atoms with Crippen molar-refractivity contribution in [1.82, 2.24) is 10.3 Å². The van der Waals surface area contributed by atoms with Crippen LogP contribution in [0.4, 0.5) is 0 Å². The predicted molar refractivity (Wildman–Crippen MR) is 68.2 cm³/mol. The summed E-state index contributed by atoms with van der Waals surface area (Å²) in [5.41, 5.74) is 0.442. The van der Waals surface area contributed by atoms with Crippen LogP contribution in [0.1, 0.15) is 11.7 Å². The lowest BCUT2D eigenvalue weighted by molar-refractivity contribution is -0.139. The van der Waals surface area contributed by atoms with Crippen LogP contribution < -0.4 is 5.32 Å². The van der Waals surface area contributed by atoms with E-state index in [1.807, 2.05) is 0 Å². The van der Waals surface area contributed by atoms with Crippen LogP contribution in [0.25, 0.3) is 0 Å². The predicted octanol–water partition coefficient (Wildman–Crippen LogP) is 2.51. The van der Waals surface area contributed by atoms with Gasteiger partial charge in [-0.05, 0) is 37.9 Å². The molecule has 1 aromatic heterocycles. The van der Waals surface area contributed by atoms with Gasteiger partial charge in [0.15, 0.2) is 0 Å². The Labute approximate surface area is 110 Å². The molecule has 0 saturated heterocycles. The monoisotopic (exact) mass is 348 g/mol. The van der Waals surface area contributed by atoms with Crippen LogP contribution in [-0.2, 0) is 4.79 Å². The largest absolute Gasteiger partial charge is 0.480 e. The van der Waals surface area contributed by atoms with E-state index in [0.29, 0.717) is 16.7 Å². The van der Waals surface area contributed by atoms with Crippen LogP contribution >= 0.6 is 31.9 Å². The summed E-state index contributed by atoms with van der Waals surface area (Å²) in [6.07, 6.45) is 3.16. The topological polar surface area (TPSA) is 62.2 Å².